The maximum absolute atomic E-state index is 12.5. The number of hydrogen-bond acceptors (Lipinski definition) is 8. The Morgan fingerprint density at radius 3 is 2.82 bits per heavy atom. The van der Waals surface area contributed by atoms with Crippen LogP contribution in [0.2, 0.25) is 5.02 Å². The highest BCUT2D eigenvalue weighted by atomic mass is 35.5. The van der Waals surface area contributed by atoms with Crippen molar-refractivity contribution in [1.29, 1.82) is 0 Å². The number of fused-ring (bicyclic) bond motifs is 1. The monoisotopic (exact) mass is 534 g/mol. The zero-order valence-electron chi connectivity index (χ0n) is 21.8. The van der Waals surface area contributed by atoms with Gasteiger partial charge in [0.05, 0.1) is 16.8 Å². The van der Waals surface area contributed by atoms with Gasteiger partial charge in [0.2, 0.25) is 0 Å². The van der Waals surface area contributed by atoms with E-state index >= 15 is 0 Å². The molecule has 0 unspecified atom stereocenters. The maximum atomic E-state index is 12.5. The van der Waals surface area contributed by atoms with Gasteiger partial charge in [0.15, 0.2) is 0 Å². The van der Waals surface area contributed by atoms with E-state index in [0.717, 1.165) is 29.1 Å². The van der Waals surface area contributed by atoms with Gasteiger partial charge in [-0.15, -0.1) is 0 Å². The van der Waals surface area contributed by atoms with Crippen LogP contribution in [0.5, 0.6) is 11.5 Å². The predicted molar refractivity (Wildman–Crippen MR) is 152 cm³/mol. The highest BCUT2D eigenvalue weighted by molar-refractivity contribution is 6.32. The van der Waals surface area contributed by atoms with Gasteiger partial charge in [0.25, 0.3) is 5.91 Å². The van der Waals surface area contributed by atoms with Crippen LogP contribution >= 0.6 is 11.6 Å². The zero-order chi connectivity index (χ0) is 27.1. The van der Waals surface area contributed by atoms with E-state index in [4.69, 9.17) is 21.2 Å². The van der Waals surface area contributed by atoms with Crippen LogP contribution in [0.25, 0.3) is 6.08 Å². The number of nitrogens with one attached hydrogen (secondary N) is 3. The standard InChI is InChI=1S/C28H31ClN6O3/c1-5-37-33-16-18-11-12-30-25-22(13-18)26(32-17-31-25)34-20-9-10-24(23(29)15-20)38-21-8-6-7-19(14-21)27(36)35-28(2,3)4/h6-10,13-17H,5,11-12H2,1-4H3,(H,35,36)(H2,30,31,32,34). The van der Waals surface area contributed by atoms with Crippen LogP contribution in [0.1, 0.15) is 50.0 Å². The molecule has 4 rings (SSSR count). The van der Waals surface area contributed by atoms with Crippen molar-refractivity contribution in [3.63, 3.8) is 0 Å². The highest BCUT2D eigenvalue weighted by Crippen LogP contribution is 2.34. The van der Waals surface area contributed by atoms with Gasteiger partial charge in [-0.1, -0.05) is 22.8 Å². The van der Waals surface area contributed by atoms with Crippen molar-refractivity contribution >= 4 is 47.1 Å². The lowest BCUT2D eigenvalue weighted by atomic mass is 10.1. The molecule has 0 saturated heterocycles. The van der Waals surface area contributed by atoms with Crippen molar-refractivity contribution in [1.82, 2.24) is 15.3 Å². The van der Waals surface area contributed by atoms with Crippen LogP contribution in [0, 0.1) is 0 Å². The van der Waals surface area contributed by atoms with Crippen LogP contribution in [0.15, 0.2) is 59.5 Å². The summed E-state index contributed by atoms with van der Waals surface area (Å²) in [6.45, 7) is 8.90. The molecular formula is C28H31ClN6O3. The number of aromatic nitrogens is 2. The number of hydrogen-bond donors (Lipinski definition) is 3. The van der Waals surface area contributed by atoms with Crippen molar-refractivity contribution in [3.8, 4) is 11.5 Å². The molecule has 1 aliphatic heterocycles. The van der Waals surface area contributed by atoms with Gasteiger partial charge in [0.1, 0.15) is 36.1 Å². The quantitative estimate of drug-likeness (QED) is 0.226. The van der Waals surface area contributed by atoms with E-state index in [1.807, 2.05) is 39.8 Å². The van der Waals surface area contributed by atoms with Gasteiger partial charge in [-0.3, -0.25) is 4.79 Å². The first-order valence-corrected chi connectivity index (χ1v) is 12.7. The number of nitrogens with zero attached hydrogens (tertiary/aromatic N) is 3. The predicted octanol–water partition coefficient (Wildman–Crippen LogP) is 6.42. The summed E-state index contributed by atoms with van der Waals surface area (Å²) in [5, 5.41) is 14.0. The Labute approximate surface area is 227 Å². The minimum atomic E-state index is -0.341. The first-order chi connectivity index (χ1) is 18.2. The number of carbonyl (C=O) groups excluding carboxylic acids is 1. The summed E-state index contributed by atoms with van der Waals surface area (Å²) in [5.74, 6) is 2.14. The molecule has 0 atom stereocenters. The number of anilines is 3. The number of oxime groups is 1. The first-order valence-electron chi connectivity index (χ1n) is 12.3. The number of carbonyl (C=O) groups is 1. The minimum Gasteiger partial charge on any atom is -0.456 e. The van der Waals surface area contributed by atoms with Crippen LogP contribution < -0.4 is 20.7 Å². The van der Waals surface area contributed by atoms with E-state index < -0.39 is 0 Å². The van der Waals surface area contributed by atoms with Crippen LogP contribution in [0.4, 0.5) is 17.3 Å². The van der Waals surface area contributed by atoms with Crippen LogP contribution in [-0.4, -0.2) is 40.8 Å². The average molecular weight is 535 g/mol. The summed E-state index contributed by atoms with van der Waals surface area (Å²) in [6, 6.07) is 12.3. The van der Waals surface area contributed by atoms with E-state index in [2.05, 4.69) is 31.1 Å². The van der Waals surface area contributed by atoms with Crippen LogP contribution in [0.3, 0.4) is 0 Å². The fraction of sp³-hybridized carbons (Fsp3) is 0.286. The molecule has 198 valence electrons. The molecule has 0 aliphatic carbocycles. The third kappa shape index (κ3) is 7.23. The number of rotatable bonds is 8. The maximum Gasteiger partial charge on any atom is 0.251 e. The molecule has 0 fully saturated rings. The molecule has 1 aliphatic rings. The van der Waals surface area contributed by atoms with E-state index in [1.54, 1.807) is 42.6 Å². The molecule has 2 aromatic carbocycles. The summed E-state index contributed by atoms with van der Waals surface area (Å²) in [7, 11) is 0. The molecule has 38 heavy (non-hydrogen) atoms. The Kier molecular flexibility index (Phi) is 8.48. The van der Waals surface area contributed by atoms with E-state index in [-0.39, 0.29) is 11.4 Å². The van der Waals surface area contributed by atoms with E-state index in [1.165, 1.54) is 6.33 Å². The fourth-order valence-corrected chi connectivity index (χ4v) is 3.89. The molecule has 2 heterocycles. The van der Waals surface area contributed by atoms with Crippen molar-refractivity contribution in [2.75, 3.05) is 23.8 Å². The second-order valence-electron chi connectivity index (χ2n) is 9.64. The number of amides is 1. The third-order valence-corrected chi connectivity index (χ3v) is 5.64. The number of ether oxygens (including phenoxy) is 1. The molecule has 1 amide bonds. The summed E-state index contributed by atoms with van der Waals surface area (Å²) >= 11 is 6.57. The molecule has 1 aromatic heterocycles. The Morgan fingerprint density at radius 1 is 1.21 bits per heavy atom. The minimum absolute atomic E-state index is 0.173. The third-order valence-electron chi connectivity index (χ3n) is 5.35. The van der Waals surface area contributed by atoms with Crippen molar-refractivity contribution < 1.29 is 14.4 Å². The Bertz CT molecular complexity index is 1370. The Hall–Kier alpha value is -4.11. The SMILES string of the molecule is CCON=CC1=Cc2c(ncnc2Nc2ccc(Oc3cccc(C(=O)NC(C)(C)C)c3)c(Cl)c2)NCC1. The smallest absolute Gasteiger partial charge is 0.251 e. The van der Waals surface area contributed by atoms with Gasteiger partial charge >= 0.3 is 0 Å². The largest absolute Gasteiger partial charge is 0.456 e. The molecular weight excluding hydrogens is 504 g/mol. The lowest BCUT2D eigenvalue weighted by molar-refractivity contribution is 0.0919. The normalized spacial score (nSPS) is 13.1. The lowest BCUT2D eigenvalue weighted by Crippen LogP contribution is -2.40. The molecule has 0 bridgehead atoms. The summed E-state index contributed by atoms with van der Waals surface area (Å²) in [4.78, 5) is 26.4. The van der Waals surface area contributed by atoms with E-state index in [9.17, 15) is 4.79 Å². The molecule has 0 saturated carbocycles. The molecule has 10 heteroatoms. The molecule has 3 N–H and O–H groups in total. The Morgan fingerprint density at radius 2 is 2.05 bits per heavy atom. The van der Waals surface area contributed by atoms with Gasteiger partial charge in [0, 0.05) is 23.3 Å². The van der Waals surface area contributed by atoms with Gasteiger partial charge in [-0.25, -0.2) is 9.97 Å². The van der Waals surface area contributed by atoms with Crippen molar-refractivity contribution in [3.05, 3.63) is 70.5 Å². The van der Waals surface area contributed by atoms with Gasteiger partial charge in [-0.05, 0) is 82.2 Å². The molecule has 3 aromatic rings. The average Bonchev–Trinajstić information content (AvgIpc) is 3.08. The second-order valence-corrected chi connectivity index (χ2v) is 10.0. The zero-order valence-corrected chi connectivity index (χ0v) is 22.6. The first kappa shape index (κ1) is 26.9. The van der Waals surface area contributed by atoms with Crippen molar-refractivity contribution in [2.24, 2.45) is 5.16 Å². The number of benzene rings is 2. The molecule has 9 nitrogen and oxygen atoms in total. The van der Waals surface area contributed by atoms with Gasteiger partial charge in [-0.2, -0.15) is 0 Å². The highest BCUT2D eigenvalue weighted by Gasteiger charge is 2.17. The van der Waals surface area contributed by atoms with Gasteiger partial charge < -0.3 is 25.5 Å². The second kappa shape index (κ2) is 12.0. The van der Waals surface area contributed by atoms with E-state index in [0.29, 0.717) is 41.1 Å². The number of halogens is 1. The summed E-state index contributed by atoms with van der Waals surface area (Å²) in [6.07, 6.45) is 5.97. The topological polar surface area (TPSA) is 110 Å². The fourth-order valence-electron chi connectivity index (χ4n) is 3.68. The summed E-state index contributed by atoms with van der Waals surface area (Å²) in [5.41, 5.74) is 2.69. The van der Waals surface area contributed by atoms with Crippen molar-refractivity contribution in [2.45, 2.75) is 39.7 Å². The Balaban J connectivity index is 1.52. The lowest BCUT2D eigenvalue weighted by Gasteiger charge is -2.20. The molecule has 0 spiro atoms. The molecule has 0 radical (unpaired) electrons. The van der Waals surface area contributed by atoms with Crippen LogP contribution in [-0.2, 0) is 4.84 Å². The summed E-state index contributed by atoms with van der Waals surface area (Å²) < 4.78 is 5.99.